The van der Waals surface area contributed by atoms with E-state index in [0.717, 1.165) is 28.1 Å². The molecule has 120 valence electrons. The quantitative estimate of drug-likeness (QED) is 0.448. The molecule has 0 unspecified atom stereocenters. The van der Waals surface area contributed by atoms with Gasteiger partial charge in [0.25, 0.3) is 0 Å². The molecular weight excluding hydrogens is 308 g/mol. The van der Waals surface area contributed by atoms with Crippen molar-refractivity contribution < 1.29 is 4.42 Å². The number of rotatable bonds is 4. The summed E-state index contributed by atoms with van der Waals surface area (Å²) < 4.78 is 5.88. The molecule has 0 amide bonds. The summed E-state index contributed by atoms with van der Waals surface area (Å²) in [5.74, 6) is 1.37. The lowest BCUT2D eigenvalue weighted by Gasteiger charge is -1.98. The molecule has 0 bridgehead atoms. The van der Waals surface area contributed by atoms with Crippen molar-refractivity contribution in [2.24, 2.45) is 4.99 Å². The molecule has 0 fully saturated rings. The number of benzene rings is 3. The van der Waals surface area contributed by atoms with Gasteiger partial charge in [-0.05, 0) is 29.8 Å². The Labute approximate surface area is 146 Å². The molecule has 3 heteroatoms. The molecule has 0 aliphatic heterocycles. The monoisotopic (exact) mass is 324 g/mol. The zero-order chi connectivity index (χ0) is 16.9. The maximum atomic E-state index is 5.88. The van der Waals surface area contributed by atoms with Gasteiger partial charge in [0.05, 0.1) is 11.9 Å². The van der Waals surface area contributed by atoms with Crippen molar-refractivity contribution in [3.8, 4) is 22.8 Å². The van der Waals surface area contributed by atoms with Gasteiger partial charge in [-0.25, -0.2) is 4.98 Å². The van der Waals surface area contributed by atoms with Crippen molar-refractivity contribution in [2.75, 3.05) is 0 Å². The van der Waals surface area contributed by atoms with E-state index in [9.17, 15) is 0 Å². The van der Waals surface area contributed by atoms with Crippen LogP contribution in [0.5, 0.6) is 0 Å². The van der Waals surface area contributed by atoms with E-state index < -0.39 is 0 Å². The number of hydrogen-bond donors (Lipinski definition) is 0. The third-order valence-corrected chi connectivity index (χ3v) is 3.84. The van der Waals surface area contributed by atoms with E-state index in [1.165, 1.54) is 0 Å². The van der Waals surface area contributed by atoms with Crippen LogP contribution in [0.1, 0.15) is 5.56 Å². The molecule has 3 nitrogen and oxygen atoms in total. The van der Waals surface area contributed by atoms with Gasteiger partial charge >= 0.3 is 0 Å². The van der Waals surface area contributed by atoms with Gasteiger partial charge in [0, 0.05) is 17.3 Å². The van der Waals surface area contributed by atoms with Crippen molar-refractivity contribution >= 4 is 11.9 Å². The van der Waals surface area contributed by atoms with Crippen molar-refractivity contribution in [3.05, 3.63) is 96.7 Å². The molecule has 1 aromatic heterocycles. The summed E-state index contributed by atoms with van der Waals surface area (Å²) >= 11 is 0. The Bertz CT molecular complexity index is 971. The summed E-state index contributed by atoms with van der Waals surface area (Å²) in [7, 11) is 0. The highest BCUT2D eigenvalue weighted by Gasteiger charge is 2.08. The van der Waals surface area contributed by atoms with Crippen LogP contribution in [-0.2, 0) is 0 Å². The number of oxazole rings is 1. The van der Waals surface area contributed by atoms with Gasteiger partial charge < -0.3 is 4.42 Å². The highest BCUT2D eigenvalue weighted by atomic mass is 16.4. The molecule has 0 radical (unpaired) electrons. The molecule has 0 saturated heterocycles. The van der Waals surface area contributed by atoms with E-state index in [4.69, 9.17) is 4.42 Å². The molecule has 0 atom stereocenters. The summed E-state index contributed by atoms with van der Waals surface area (Å²) in [6, 6.07) is 27.9. The molecule has 0 saturated carbocycles. The maximum Gasteiger partial charge on any atom is 0.226 e. The number of aromatic nitrogens is 1. The van der Waals surface area contributed by atoms with Gasteiger partial charge in [0.1, 0.15) is 0 Å². The second-order valence-corrected chi connectivity index (χ2v) is 5.61. The lowest BCUT2D eigenvalue weighted by molar-refractivity contribution is 0.589. The maximum absolute atomic E-state index is 5.88. The first-order valence-electron chi connectivity index (χ1n) is 8.09. The minimum absolute atomic E-state index is 0.609. The van der Waals surface area contributed by atoms with Crippen LogP contribution in [0.4, 0.5) is 5.69 Å². The normalized spacial score (nSPS) is 11.0. The Morgan fingerprint density at radius 2 is 1.40 bits per heavy atom. The standard InChI is InChI=1S/C22H16N2O/c1-3-7-17(8-4-1)15-23-20-13-11-19(12-14-20)22-24-16-21(25-22)18-9-5-2-6-10-18/h1-16H. The summed E-state index contributed by atoms with van der Waals surface area (Å²) in [5, 5.41) is 0. The van der Waals surface area contributed by atoms with E-state index in [2.05, 4.69) is 9.98 Å². The van der Waals surface area contributed by atoms with Crippen LogP contribution >= 0.6 is 0 Å². The average Bonchev–Trinajstić information content (AvgIpc) is 3.19. The molecule has 3 aromatic carbocycles. The molecule has 25 heavy (non-hydrogen) atoms. The Balaban J connectivity index is 1.53. The largest absolute Gasteiger partial charge is 0.436 e. The second kappa shape index (κ2) is 6.97. The molecule has 0 aliphatic rings. The predicted octanol–water partition coefficient (Wildman–Crippen LogP) is 5.76. The molecular formula is C22H16N2O. The third-order valence-electron chi connectivity index (χ3n) is 3.84. The van der Waals surface area contributed by atoms with E-state index in [-0.39, 0.29) is 0 Å². The van der Waals surface area contributed by atoms with Crippen LogP contribution < -0.4 is 0 Å². The van der Waals surface area contributed by atoms with E-state index >= 15 is 0 Å². The smallest absolute Gasteiger partial charge is 0.226 e. The van der Waals surface area contributed by atoms with Crippen LogP contribution in [0.3, 0.4) is 0 Å². The molecule has 0 spiro atoms. The van der Waals surface area contributed by atoms with E-state index in [1.807, 2.05) is 91.1 Å². The second-order valence-electron chi connectivity index (χ2n) is 5.61. The first-order chi connectivity index (χ1) is 12.4. The highest BCUT2D eigenvalue weighted by molar-refractivity contribution is 5.81. The van der Waals surface area contributed by atoms with Gasteiger partial charge in [-0.2, -0.15) is 0 Å². The Hall–Kier alpha value is -3.46. The SMILES string of the molecule is C(=Nc1ccc(-c2ncc(-c3ccccc3)o2)cc1)c1ccccc1. The number of aliphatic imine (C=N–C) groups is 1. The summed E-state index contributed by atoms with van der Waals surface area (Å²) in [6.45, 7) is 0. The summed E-state index contributed by atoms with van der Waals surface area (Å²) in [5.41, 5.74) is 3.92. The van der Waals surface area contributed by atoms with Crippen molar-refractivity contribution in [1.82, 2.24) is 4.98 Å². The number of nitrogens with zero attached hydrogens (tertiary/aromatic N) is 2. The average molecular weight is 324 g/mol. The third kappa shape index (κ3) is 3.56. The van der Waals surface area contributed by atoms with Gasteiger partial charge in [-0.15, -0.1) is 0 Å². The Morgan fingerprint density at radius 1 is 0.720 bits per heavy atom. The number of hydrogen-bond acceptors (Lipinski definition) is 3. The van der Waals surface area contributed by atoms with Gasteiger partial charge in [0.2, 0.25) is 5.89 Å². The van der Waals surface area contributed by atoms with Crippen LogP contribution in [-0.4, -0.2) is 11.2 Å². The Morgan fingerprint density at radius 3 is 2.12 bits per heavy atom. The molecule has 0 N–H and O–H groups in total. The zero-order valence-corrected chi connectivity index (χ0v) is 13.5. The lowest BCUT2D eigenvalue weighted by atomic mass is 10.2. The van der Waals surface area contributed by atoms with Crippen molar-refractivity contribution in [1.29, 1.82) is 0 Å². The van der Waals surface area contributed by atoms with Gasteiger partial charge in [-0.1, -0.05) is 60.7 Å². The first kappa shape index (κ1) is 15.1. The lowest BCUT2D eigenvalue weighted by Crippen LogP contribution is -1.79. The predicted molar refractivity (Wildman–Crippen MR) is 101 cm³/mol. The minimum atomic E-state index is 0.609. The van der Waals surface area contributed by atoms with Crippen LogP contribution in [0, 0.1) is 0 Å². The minimum Gasteiger partial charge on any atom is -0.436 e. The van der Waals surface area contributed by atoms with E-state index in [0.29, 0.717) is 5.89 Å². The Kier molecular flexibility index (Phi) is 4.21. The van der Waals surface area contributed by atoms with Gasteiger partial charge in [0.15, 0.2) is 5.76 Å². The van der Waals surface area contributed by atoms with Crippen LogP contribution in [0.15, 0.2) is 101 Å². The summed E-state index contributed by atoms with van der Waals surface area (Å²) in [4.78, 5) is 8.87. The fourth-order valence-corrected chi connectivity index (χ4v) is 2.52. The van der Waals surface area contributed by atoms with Crippen LogP contribution in [0.2, 0.25) is 0 Å². The van der Waals surface area contributed by atoms with Crippen LogP contribution in [0.25, 0.3) is 22.8 Å². The fraction of sp³-hybridized carbons (Fsp3) is 0. The first-order valence-corrected chi connectivity index (χ1v) is 8.09. The van der Waals surface area contributed by atoms with E-state index in [1.54, 1.807) is 6.20 Å². The zero-order valence-electron chi connectivity index (χ0n) is 13.5. The molecule has 4 rings (SSSR count). The van der Waals surface area contributed by atoms with Crippen molar-refractivity contribution in [3.63, 3.8) is 0 Å². The van der Waals surface area contributed by atoms with Crippen molar-refractivity contribution in [2.45, 2.75) is 0 Å². The molecule has 4 aromatic rings. The van der Waals surface area contributed by atoms with Gasteiger partial charge in [-0.3, -0.25) is 4.99 Å². The fourth-order valence-electron chi connectivity index (χ4n) is 2.52. The molecule has 0 aliphatic carbocycles. The highest BCUT2D eigenvalue weighted by Crippen LogP contribution is 2.27. The summed E-state index contributed by atoms with van der Waals surface area (Å²) in [6.07, 6.45) is 3.61. The molecule has 1 heterocycles. The topological polar surface area (TPSA) is 38.4 Å².